The van der Waals surface area contributed by atoms with Gasteiger partial charge < -0.3 is 10.6 Å². The van der Waals surface area contributed by atoms with Crippen LogP contribution in [0.2, 0.25) is 5.02 Å². The highest BCUT2D eigenvalue weighted by molar-refractivity contribution is 6.47. The zero-order valence-electron chi connectivity index (χ0n) is 16.1. The van der Waals surface area contributed by atoms with E-state index in [-0.39, 0.29) is 22.2 Å². The lowest BCUT2D eigenvalue weighted by atomic mass is 10.1. The van der Waals surface area contributed by atoms with Crippen LogP contribution in [0.1, 0.15) is 28.7 Å². The topological polar surface area (TPSA) is 93.1 Å². The maximum absolute atomic E-state index is 12.8. The van der Waals surface area contributed by atoms with Crippen LogP contribution in [-0.2, 0) is 9.59 Å². The number of benzene rings is 2. The number of ketones is 1. The number of hydrogen-bond acceptors (Lipinski definition) is 4. The van der Waals surface area contributed by atoms with Gasteiger partial charge in [-0.05, 0) is 44.2 Å². The Hall–Kier alpha value is -3.45. The number of carbonyl (C=O) groups is 3. The van der Waals surface area contributed by atoms with E-state index in [1.807, 2.05) is 30.3 Å². The molecule has 0 unspecified atom stereocenters. The number of halogens is 1. The molecule has 0 aliphatic carbocycles. The summed E-state index contributed by atoms with van der Waals surface area (Å²) in [6, 6.07) is 13.9. The molecule has 1 heterocycles. The Kier molecular flexibility index (Phi) is 5.79. The van der Waals surface area contributed by atoms with E-state index in [9.17, 15) is 14.4 Å². The van der Waals surface area contributed by atoms with E-state index >= 15 is 0 Å². The molecule has 0 bridgehead atoms. The highest BCUT2D eigenvalue weighted by Gasteiger charge is 2.25. The van der Waals surface area contributed by atoms with Gasteiger partial charge in [0.1, 0.15) is 0 Å². The van der Waals surface area contributed by atoms with E-state index < -0.39 is 11.7 Å². The fourth-order valence-corrected chi connectivity index (χ4v) is 3.21. The third-order valence-corrected chi connectivity index (χ3v) is 4.58. The minimum Gasteiger partial charge on any atom is -0.326 e. The van der Waals surface area contributed by atoms with Crippen LogP contribution in [0.4, 0.5) is 11.4 Å². The fraction of sp³-hybridized carbons (Fsp3) is 0.143. The molecule has 0 saturated heterocycles. The van der Waals surface area contributed by atoms with Gasteiger partial charge >= 0.3 is 0 Å². The van der Waals surface area contributed by atoms with Crippen molar-refractivity contribution in [3.05, 3.63) is 70.5 Å². The Balaban J connectivity index is 1.84. The van der Waals surface area contributed by atoms with E-state index in [1.54, 1.807) is 24.6 Å². The number of Topliss-reactive ketones (excluding diaryl/α,β-unsaturated/α-hetero) is 1. The van der Waals surface area contributed by atoms with Gasteiger partial charge in [0.05, 0.1) is 33.3 Å². The molecular formula is C21H19ClN4O3. The molecule has 0 aliphatic heterocycles. The van der Waals surface area contributed by atoms with E-state index in [4.69, 9.17) is 11.6 Å². The standard InChI is InChI=1S/C21H19ClN4O3/c1-12-19(13(2)26(25-12)16-7-5-4-6-8-16)20(28)21(29)24-18-10-9-15(11-17(18)22)23-14(3)27/h4-11H,1-3H3,(H,23,27)(H,24,29). The van der Waals surface area contributed by atoms with Crippen molar-refractivity contribution in [3.63, 3.8) is 0 Å². The van der Waals surface area contributed by atoms with Gasteiger partial charge in [0.2, 0.25) is 5.91 Å². The Morgan fingerprint density at radius 3 is 2.31 bits per heavy atom. The van der Waals surface area contributed by atoms with Crippen molar-refractivity contribution in [3.8, 4) is 5.69 Å². The predicted molar refractivity (Wildman–Crippen MR) is 112 cm³/mol. The van der Waals surface area contributed by atoms with E-state index in [1.165, 1.54) is 19.1 Å². The number of anilines is 2. The van der Waals surface area contributed by atoms with Crippen LogP contribution >= 0.6 is 11.6 Å². The zero-order chi connectivity index (χ0) is 21.1. The molecule has 1 aromatic heterocycles. The van der Waals surface area contributed by atoms with Crippen LogP contribution in [0.3, 0.4) is 0 Å². The first kappa shape index (κ1) is 20.3. The summed E-state index contributed by atoms with van der Waals surface area (Å²) in [5.41, 5.74) is 2.83. The molecule has 2 aromatic carbocycles. The lowest BCUT2D eigenvalue weighted by Crippen LogP contribution is -2.24. The molecule has 148 valence electrons. The van der Waals surface area contributed by atoms with Crippen molar-refractivity contribution in [2.75, 3.05) is 10.6 Å². The molecule has 7 nitrogen and oxygen atoms in total. The number of nitrogens with one attached hydrogen (secondary N) is 2. The van der Waals surface area contributed by atoms with Crippen LogP contribution in [-0.4, -0.2) is 27.4 Å². The first-order valence-electron chi connectivity index (χ1n) is 8.82. The summed E-state index contributed by atoms with van der Waals surface area (Å²) in [4.78, 5) is 36.5. The largest absolute Gasteiger partial charge is 0.326 e. The summed E-state index contributed by atoms with van der Waals surface area (Å²) >= 11 is 6.16. The van der Waals surface area contributed by atoms with Crippen molar-refractivity contribution in [2.24, 2.45) is 0 Å². The number of aryl methyl sites for hydroxylation is 1. The number of para-hydroxylation sites is 1. The monoisotopic (exact) mass is 410 g/mol. The molecule has 3 aromatic rings. The minimum atomic E-state index is -0.821. The molecule has 8 heteroatoms. The van der Waals surface area contributed by atoms with Crippen molar-refractivity contribution in [1.29, 1.82) is 0 Å². The van der Waals surface area contributed by atoms with E-state index in [2.05, 4.69) is 15.7 Å². The smallest absolute Gasteiger partial charge is 0.296 e. The number of hydrogen-bond donors (Lipinski definition) is 2. The Bertz CT molecular complexity index is 1110. The molecule has 0 saturated carbocycles. The molecule has 0 radical (unpaired) electrons. The first-order valence-corrected chi connectivity index (χ1v) is 9.20. The summed E-state index contributed by atoms with van der Waals surface area (Å²) in [7, 11) is 0. The van der Waals surface area contributed by atoms with Crippen LogP contribution in [0.25, 0.3) is 5.69 Å². The summed E-state index contributed by atoms with van der Waals surface area (Å²) in [5, 5.41) is 9.71. The highest BCUT2D eigenvalue weighted by Crippen LogP contribution is 2.26. The lowest BCUT2D eigenvalue weighted by Gasteiger charge is -2.09. The van der Waals surface area contributed by atoms with Crippen LogP contribution in [0.5, 0.6) is 0 Å². The van der Waals surface area contributed by atoms with Gasteiger partial charge in [-0.25, -0.2) is 4.68 Å². The number of rotatable bonds is 5. The number of amides is 2. The summed E-state index contributed by atoms with van der Waals surface area (Å²) in [5.74, 6) is -1.77. The van der Waals surface area contributed by atoms with Crippen molar-refractivity contribution in [1.82, 2.24) is 9.78 Å². The molecule has 2 N–H and O–H groups in total. The molecule has 0 spiro atoms. The molecule has 0 aliphatic rings. The quantitative estimate of drug-likeness (QED) is 0.492. The van der Waals surface area contributed by atoms with Crippen molar-refractivity contribution < 1.29 is 14.4 Å². The fourth-order valence-electron chi connectivity index (χ4n) is 2.98. The van der Waals surface area contributed by atoms with Gasteiger partial charge in [-0.2, -0.15) is 5.10 Å². The van der Waals surface area contributed by atoms with Crippen molar-refractivity contribution >= 4 is 40.6 Å². The summed E-state index contributed by atoms with van der Waals surface area (Å²) in [6.45, 7) is 4.80. The predicted octanol–water partition coefficient (Wildman–Crippen LogP) is 3.92. The second-order valence-electron chi connectivity index (χ2n) is 6.45. The molecule has 29 heavy (non-hydrogen) atoms. The van der Waals surface area contributed by atoms with Gasteiger partial charge in [0.25, 0.3) is 11.7 Å². The van der Waals surface area contributed by atoms with Crippen LogP contribution in [0, 0.1) is 13.8 Å². The summed E-state index contributed by atoms with van der Waals surface area (Å²) < 4.78 is 1.63. The second-order valence-corrected chi connectivity index (χ2v) is 6.86. The van der Waals surface area contributed by atoms with E-state index in [0.29, 0.717) is 17.1 Å². The third-order valence-electron chi connectivity index (χ3n) is 4.26. The maximum Gasteiger partial charge on any atom is 0.296 e. The highest BCUT2D eigenvalue weighted by atomic mass is 35.5. The first-order chi connectivity index (χ1) is 13.8. The normalized spacial score (nSPS) is 10.5. The SMILES string of the molecule is CC(=O)Nc1ccc(NC(=O)C(=O)c2c(C)nn(-c3ccccc3)c2C)c(Cl)c1. The zero-order valence-corrected chi connectivity index (χ0v) is 16.9. The average molecular weight is 411 g/mol. The van der Waals surface area contributed by atoms with Gasteiger partial charge in [0, 0.05) is 12.6 Å². The Morgan fingerprint density at radius 1 is 1.00 bits per heavy atom. The van der Waals surface area contributed by atoms with Gasteiger partial charge in [-0.1, -0.05) is 29.8 Å². The third kappa shape index (κ3) is 4.35. The maximum atomic E-state index is 12.8. The number of carbonyl (C=O) groups excluding carboxylic acids is 3. The van der Waals surface area contributed by atoms with Crippen molar-refractivity contribution in [2.45, 2.75) is 20.8 Å². The average Bonchev–Trinajstić information content (AvgIpc) is 2.97. The molecule has 3 rings (SSSR count). The van der Waals surface area contributed by atoms with Gasteiger partial charge in [-0.15, -0.1) is 0 Å². The van der Waals surface area contributed by atoms with Crippen LogP contribution < -0.4 is 10.6 Å². The molecule has 0 fully saturated rings. The molecule has 2 amide bonds. The lowest BCUT2D eigenvalue weighted by molar-refractivity contribution is -0.114. The second kappa shape index (κ2) is 8.28. The molecule has 0 atom stereocenters. The number of aromatic nitrogens is 2. The number of nitrogens with zero attached hydrogens (tertiary/aromatic N) is 2. The molecular weight excluding hydrogens is 392 g/mol. The van der Waals surface area contributed by atoms with E-state index in [0.717, 1.165) is 5.69 Å². The van der Waals surface area contributed by atoms with Gasteiger partial charge in [0.15, 0.2) is 0 Å². The van der Waals surface area contributed by atoms with Crippen LogP contribution in [0.15, 0.2) is 48.5 Å². The summed E-state index contributed by atoms with van der Waals surface area (Å²) in [6.07, 6.45) is 0. The minimum absolute atomic E-state index is 0.200. The Labute approximate surface area is 172 Å². The van der Waals surface area contributed by atoms with Gasteiger partial charge in [-0.3, -0.25) is 14.4 Å². The Morgan fingerprint density at radius 2 is 1.69 bits per heavy atom.